The Morgan fingerprint density at radius 2 is 1.94 bits per heavy atom. The highest BCUT2D eigenvalue weighted by molar-refractivity contribution is 8.18. The van der Waals surface area contributed by atoms with Crippen LogP contribution in [0.15, 0.2) is 47.4 Å². The molecule has 7 nitrogen and oxygen atoms in total. The topological polar surface area (TPSA) is 82.1 Å². The van der Waals surface area contributed by atoms with Gasteiger partial charge in [0.05, 0.1) is 18.6 Å². The molecule has 1 fully saturated rings. The third kappa shape index (κ3) is 5.43. The number of nitrogens with zero attached hydrogens (tertiary/aromatic N) is 1. The lowest BCUT2D eigenvalue weighted by atomic mass is 10.1. The van der Waals surface area contributed by atoms with E-state index < -0.39 is 23.7 Å². The zero-order valence-corrected chi connectivity index (χ0v) is 17.7. The van der Waals surface area contributed by atoms with Crippen LogP contribution in [-0.4, -0.2) is 42.3 Å². The highest BCUT2D eigenvalue weighted by Crippen LogP contribution is 2.34. The third-order valence-electron chi connectivity index (χ3n) is 4.29. The fraction of sp³-hybridized carbons (Fsp3) is 0.227. The quantitative estimate of drug-likeness (QED) is 0.448. The van der Waals surface area contributed by atoms with Gasteiger partial charge in [0.25, 0.3) is 11.1 Å². The Hall–Kier alpha value is -3.33. The van der Waals surface area contributed by atoms with Crippen molar-refractivity contribution in [3.05, 3.63) is 64.3 Å². The van der Waals surface area contributed by atoms with E-state index in [1.165, 1.54) is 19.3 Å². The first-order chi connectivity index (χ1) is 14.9. The van der Waals surface area contributed by atoms with E-state index >= 15 is 0 Å². The molecule has 1 aliphatic heterocycles. The van der Waals surface area contributed by atoms with Gasteiger partial charge in [0.15, 0.2) is 11.5 Å². The molecule has 0 atom stereocenters. The van der Waals surface area contributed by atoms with Crippen LogP contribution in [0.1, 0.15) is 18.1 Å². The van der Waals surface area contributed by atoms with Crippen LogP contribution in [0, 0.1) is 5.82 Å². The number of thioether (sulfide) groups is 1. The van der Waals surface area contributed by atoms with Crippen LogP contribution < -0.4 is 9.47 Å². The number of carbonyl (C=O) groups is 3. The molecule has 2 aromatic rings. The second-order valence-electron chi connectivity index (χ2n) is 6.36. The molecule has 0 unspecified atom stereocenters. The average Bonchev–Trinajstić information content (AvgIpc) is 3.01. The molecule has 9 heteroatoms. The fourth-order valence-electron chi connectivity index (χ4n) is 2.79. The van der Waals surface area contributed by atoms with Crippen molar-refractivity contribution in [2.24, 2.45) is 0 Å². The minimum absolute atomic E-state index is 0.0229. The molecule has 0 saturated carbocycles. The molecule has 2 amide bonds. The molecule has 0 aliphatic carbocycles. The Bertz CT molecular complexity index is 1040. The van der Waals surface area contributed by atoms with Crippen molar-refractivity contribution in [1.29, 1.82) is 0 Å². The number of rotatable bonds is 8. The van der Waals surface area contributed by atoms with E-state index in [4.69, 9.17) is 14.2 Å². The van der Waals surface area contributed by atoms with E-state index in [9.17, 15) is 18.8 Å². The van der Waals surface area contributed by atoms with Crippen molar-refractivity contribution in [2.45, 2.75) is 13.5 Å². The zero-order valence-electron chi connectivity index (χ0n) is 16.9. The Morgan fingerprint density at radius 1 is 1.16 bits per heavy atom. The molecule has 2 aromatic carbocycles. The van der Waals surface area contributed by atoms with Crippen LogP contribution in [0.4, 0.5) is 9.18 Å². The summed E-state index contributed by atoms with van der Waals surface area (Å²) in [5.41, 5.74) is 1.00. The first-order valence-electron chi connectivity index (χ1n) is 9.38. The van der Waals surface area contributed by atoms with Gasteiger partial charge in [-0.2, -0.15) is 0 Å². The zero-order chi connectivity index (χ0) is 22.4. The van der Waals surface area contributed by atoms with E-state index in [-0.39, 0.29) is 23.9 Å². The third-order valence-corrected chi connectivity index (χ3v) is 5.20. The molecule has 0 bridgehead atoms. The summed E-state index contributed by atoms with van der Waals surface area (Å²) in [5, 5.41) is -0.541. The summed E-state index contributed by atoms with van der Waals surface area (Å²) < 4.78 is 29.6. The normalized spacial score (nSPS) is 14.8. The monoisotopic (exact) mass is 445 g/mol. The molecule has 0 aromatic heterocycles. The van der Waals surface area contributed by atoms with Crippen LogP contribution in [0.25, 0.3) is 6.08 Å². The maximum absolute atomic E-state index is 13.8. The van der Waals surface area contributed by atoms with E-state index in [2.05, 4.69) is 0 Å². The summed E-state index contributed by atoms with van der Waals surface area (Å²) in [7, 11) is 1.46. The molecule has 0 spiro atoms. The van der Waals surface area contributed by atoms with Crippen molar-refractivity contribution >= 4 is 35.0 Å². The SMILES string of the molecule is CCOC(=O)CN1C(=O)SC(=Cc2ccc(OCc3ccccc3F)c(OC)c2)C1=O. The van der Waals surface area contributed by atoms with E-state index in [0.717, 1.165) is 16.7 Å². The Balaban J connectivity index is 1.74. The molecule has 162 valence electrons. The standard InChI is InChI=1S/C22H20FNO6S/c1-3-29-20(25)12-24-21(26)19(31-22(24)27)11-14-8-9-17(18(10-14)28-2)30-13-15-6-4-5-7-16(15)23/h4-11H,3,12-13H2,1-2H3. The molecule has 1 saturated heterocycles. The number of methoxy groups -OCH3 is 1. The highest BCUT2D eigenvalue weighted by Gasteiger charge is 2.36. The van der Waals surface area contributed by atoms with Crippen LogP contribution in [-0.2, 0) is 20.9 Å². The largest absolute Gasteiger partial charge is 0.493 e. The second kappa shape index (κ2) is 10.1. The summed E-state index contributed by atoms with van der Waals surface area (Å²) in [5.74, 6) is -0.795. The van der Waals surface area contributed by atoms with Crippen LogP contribution in [0.2, 0.25) is 0 Å². The van der Waals surface area contributed by atoms with Crippen molar-refractivity contribution in [3.63, 3.8) is 0 Å². The van der Waals surface area contributed by atoms with E-state index in [1.807, 2.05) is 0 Å². The van der Waals surface area contributed by atoms with Gasteiger partial charge in [0.1, 0.15) is 19.0 Å². The van der Waals surface area contributed by atoms with Crippen molar-refractivity contribution in [2.75, 3.05) is 20.3 Å². The number of esters is 1. The molecule has 1 heterocycles. The number of hydrogen-bond acceptors (Lipinski definition) is 7. The van der Waals surface area contributed by atoms with Crippen molar-refractivity contribution < 1.29 is 33.0 Å². The average molecular weight is 445 g/mol. The second-order valence-corrected chi connectivity index (χ2v) is 7.36. The first kappa shape index (κ1) is 22.4. The van der Waals surface area contributed by atoms with Gasteiger partial charge in [-0.3, -0.25) is 19.3 Å². The number of amides is 2. The molecular formula is C22H20FNO6S. The van der Waals surface area contributed by atoms with Crippen molar-refractivity contribution in [1.82, 2.24) is 4.90 Å². The van der Waals surface area contributed by atoms with E-state index in [0.29, 0.717) is 22.6 Å². The highest BCUT2D eigenvalue weighted by atomic mass is 32.2. The summed E-state index contributed by atoms with van der Waals surface area (Å²) in [4.78, 5) is 37.2. The summed E-state index contributed by atoms with van der Waals surface area (Å²) in [6.45, 7) is 1.40. The van der Waals surface area contributed by atoms with Gasteiger partial charge < -0.3 is 14.2 Å². The van der Waals surface area contributed by atoms with Gasteiger partial charge in [-0.05, 0) is 48.5 Å². The van der Waals surface area contributed by atoms with Crippen LogP contribution in [0.5, 0.6) is 11.5 Å². The van der Waals surface area contributed by atoms with Gasteiger partial charge in [-0.15, -0.1) is 0 Å². The summed E-state index contributed by atoms with van der Waals surface area (Å²) in [6, 6.07) is 11.2. The Labute approximate surface area is 182 Å². The Kier molecular flexibility index (Phi) is 7.30. The molecule has 3 rings (SSSR count). The minimum Gasteiger partial charge on any atom is -0.493 e. The van der Waals surface area contributed by atoms with Gasteiger partial charge in [-0.1, -0.05) is 24.3 Å². The van der Waals surface area contributed by atoms with Gasteiger partial charge in [-0.25, -0.2) is 4.39 Å². The molecule has 1 aliphatic rings. The maximum Gasteiger partial charge on any atom is 0.326 e. The number of halogens is 1. The number of benzene rings is 2. The lowest BCUT2D eigenvalue weighted by Crippen LogP contribution is -2.34. The number of imide groups is 1. The lowest BCUT2D eigenvalue weighted by molar-refractivity contribution is -0.145. The predicted molar refractivity (Wildman–Crippen MR) is 113 cm³/mol. The smallest absolute Gasteiger partial charge is 0.326 e. The predicted octanol–water partition coefficient (Wildman–Crippen LogP) is 4.01. The number of carbonyl (C=O) groups excluding carboxylic acids is 3. The maximum atomic E-state index is 13.8. The molecule has 0 N–H and O–H groups in total. The molecule has 31 heavy (non-hydrogen) atoms. The van der Waals surface area contributed by atoms with Gasteiger partial charge >= 0.3 is 5.97 Å². The van der Waals surface area contributed by atoms with Gasteiger partial charge in [0.2, 0.25) is 0 Å². The van der Waals surface area contributed by atoms with E-state index in [1.54, 1.807) is 43.3 Å². The molecular weight excluding hydrogens is 425 g/mol. The number of hydrogen-bond donors (Lipinski definition) is 0. The minimum atomic E-state index is -0.649. The molecule has 0 radical (unpaired) electrons. The van der Waals surface area contributed by atoms with Crippen molar-refractivity contribution in [3.8, 4) is 11.5 Å². The summed E-state index contributed by atoms with van der Waals surface area (Å²) in [6.07, 6.45) is 1.53. The lowest BCUT2D eigenvalue weighted by Gasteiger charge is -2.12. The van der Waals surface area contributed by atoms with Crippen LogP contribution >= 0.6 is 11.8 Å². The Morgan fingerprint density at radius 3 is 2.65 bits per heavy atom. The first-order valence-corrected chi connectivity index (χ1v) is 10.2. The fourth-order valence-corrected chi connectivity index (χ4v) is 3.63. The summed E-state index contributed by atoms with van der Waals surface area (Å²) >= 11 is 0.741. The van der Waals surface area contributed by atoms with Gasteiger partial charge in [0, 0.05) is 5.56 Å². The van der Waals surface area contributed by atoms with Crippen LogP contribution in [0.3, 0.4) is 0 Å². The number of ether oxygens (including phenoxy) is 3.